The molecule has 5 heavy (non-hydrogen) atoms. The maximum absolute atomic E-state index is 0. The van der Waals surface area contributed by atoms with E-state index in [0.717, 1.165) is 0 Å². The number of hydrogen-bond acceptors (Lipinski definition) is 3. The third kappa shape index (κ3) is 28.1. The van der Waals surface area contributed by atoms with Crippen molar-refractivity contribution in [3.05, 3.63) is 0 Å². The second-order valence-electron chi connectivity index (χ2n) is 0. The van der Waals surface area contributed by atoms with Gasteiger partial charge in [-0.25, -0.2) is 0 Å². The van der Waals surface area contributed by atoms with Gasteiger partial charge in [-0.1, -0.05) is 0 Å². The largest absolute Gasteiger partial charge is 0 e. The van der Waals surface area contributed by atoms with Crippen LogP contribution in [0.25, 0.3) is 0 Å². The topological polar surface area (TPSA) is 90.0 Å². The Morgan fingerprint density at radius 2 is 0.600 bits per heavy atom. The molecule has 0 aromatic carbocycles. The van der Waals surface area contributed by atoms with Crippen molar-refractivity contribution in [2.75, 3.05) is 0 Å². The zero-order valence-electron chi connectivity index (χ0n) is 2.37. The van der Waals surface area contributed by atoms with Crippen LogP contribution in [0, 0.1) is 0 Å². The Labute approximate surface area is 67.7 Å². The molecule has 0 atom stereocenters. The molecule has 0 spiro atoms. The molecule has 5 heteroatoms. The Hall–Kier alpha value is 1.62. The molecule has 0 aliphatic heterocycles. The van der Waals surface area contributed by atoms with E-state index >= 15 is 0 Å². The van der Waals surface area contributed by atoms with Crippen molar-refractivity contribution in [3.8, 4) is 0 Å². The summed E-state index contributed by atoms with van der Waals surface area (Å²) < 4.78 is 0. The van der Waals surface area contributed by atoms with Crippen molar-refractivity contribution in [3.63, 3.8) is 0 Å². The van der Waals surface area contributed by atoms with E-state index in [4.69, 9.17) is 0 Å². The molecular weight excluding hydrogens is 377 g/mol. The molecule has 0 aliphatic carbocycles. The van der Waals surface area contributed by atoms with Gasteiger partial charge in [-0.3, -0.25) is 0 Å². The fraction of sp³-hybridized carbons (Fsp3) is 0. The van der Waals surface area contributed by atoms with Gasteiger partial charge in [0.05, 0.1) is 0 Å². The summed E-state index contributed by atoms with van der Waals surface area (Å²) >= 11 is 0. The normalized spacial score (nSPS) is 0. The second kappa shape index (κ2) is 45.7. The van der Waals surface area contributed by atoms with Crippen LogP contribution in [0.3, 0.4) is 0 Å². The molecule has 0 aliphatic rings. The fourth-order valence-corrected chi connectivity index (χ4v) is 0. The molecule has 0 aromatic heterocycles. The van der Waals surface area contributed by atoms with E-state index in [2.05, 4.69) is 0 Å². The van der Waals surface area contributed by atoms with E-state index in [1.807, 2.05) is 0 Å². The first-order valence-corrected chi connectivity index (χ1v) is 0. The average Bonchev–Trinajstić information content (AvgIpc) is 0. The van der Waals surface area contributed by atoms with Crippen LogP contribution in [0.4, 0.5) is 0 Å². The third-order valence-corrected chi connectivity index (χ3v) is 0. The summed E-state index contributed by atoms with van der Waals surface area (Å²) in [5.41, 5.74) is 0. The molecule has 0 heterocycles. The van der Waals surface area contributed by atoms with E-state index < -0.39 is 0 Å². The van der Waals surface area contributed by atoms with Crippen molar-refractivity contribution >= 4 is 51.7 Å². The van der Waals surface area contributed by atoms with Gasteiger partial charge in [0.15, 0.2) is 0 Å². The standard InChI is InChI=1S/3H2O.Pb.Sb.H/h3*1H2;;;/p-3. The van der Waals surface area contributed by atoms with E-state index in [-0.39, 0.29) is 68.2 Å². The van der Waals surface area contributed by atoms with E-state index in [9.17, 15) is 0 Å². The molecule has 0 bridgehead atoms. The average molecular weight is 381 g/mol. The Morgan fingerprint density at radius 1 is 0.600 bits per heavy atom. The maximum atomic E-state index is 0. The molecule has 3 nitrogen and oxygen atoms in total. The Balaban J connectivity index is 0. The zero-order valence-corrected chi connectivity index (χ0v) is 9.41. The zero-order chi connectivity index (χ0) is 0. The molecule has 0 saturated heterocycles. The van der Waals surface area contributed by atoms with Gasteiger partial charge in [-0.05, 0) is 0 Å². The summed E-state index contributed by atoms with van der Waals surface area (Å²) in [6, 6.07) is 0. The van der Waals surface area contributed by atoms with E-state index in [1.54, 1.807) is 0 Å². The van der Waals surface area contributed by atoms with Crippen LogP contribution in [-0.2, 0) is 0 Å². The van der Waals surface area contributed by atoms with Crippen molar-refractivity contribution in [2.24, 2.45) is 0 Å². The molecule has 0 amide bonds. The molecule has 0 aromatic rings. The van der Waals surface area contributed by atoms with Crippen LogP contribution in [-0.4, -0.2) is 68.2 Å². The van der Waals surface area contributed by atoms with Crippen LogP contribution in [0.1, 0.15) is 0 Å². The fourth-order valence-electron chi connectivity index (χ4n) is 0. The maximum Gasteiger partial charge on any atom is 0 e. The predicted molar refractivity (Wildman–Crippen MR) is 18.7 cm³/mol. The van der Waals surface area contributed by atoms with Gasteiger partial charge < -0.3 is 16.4 Å². The summed E-state index contributed by atoms with van der Waals surface area (Å²) in [7, 11) is 0. The van der Waals surface area contributed by atoms with Gasteiger partial charge in [0, 0.05) is 24.4 Å². The van der Waals surface area contributed by atoms with Gasteiger partial charge in [0.2, 0.25) is 0 Å². The summed E-state index contributed by atoms with van der Waals surface area (Å²) in [5.74, 6) is 0. The Kier molecular flexibility index (Phi) is 728. The molecule has 6 radical (unpaired) electrons. The molecule has 0 unspecified atom stereocenters. The van der Waals surface area contributed by atoms with Gasteiger partial charge in [-0.15, -0.1) is 0 Å². The molecule has 34 valence electrons. The van der Waals surface area contributed by atoms with Gasteiger partial charge in [-0.2, -0.15) is 0 Å². The first-order chi connectivity index (χ1) is 0. The number of rotatable bonds is 0. The molecule has 3 N–H and O–H groups in total. The predicted octanol–water partition coefficient (Wildman–Crippen LogP) is -1.56. The number of hydrogen-bond donors (Lipinski definition) is 0. The van der Waals surface area contributed by atoms with Crippen LogP contribution in [0.15, 0.2) is 0 Å². The second-order valence-corrected chi connectivity index (χ2v) is 0. The van der Waals surface area contributed by atoms with Crippen molar-refractivity contribution < 1.29 is 16.4 Å². The van der Waals surface area contributed by atoms with Crippen LogP contribution in [0.5, 0.6) is 0 Å². The summed E-state index contributed by atoms with van der Waals surface area (Å²) in [4.78, 5) is 0. The summed E-state index contributed by atoms with van der Waals surface area (Å²) in [6.45, 7) is 0. The Morgan fingerprint density at radius 3 is 0.600 bits per heavy atom. The minimum Gasteiger partial charge on any atom is 0 e. The van der Waals surface area contributed by atoms with Crippen LogP contribution < -0.4 is 0 Å². The van der Waals surface area contributed by atoms with Gasteiger partial charge in [0.1, 0.15) is 0 Å². The van der Waals surface area contributed by atoms with Crippen molar-refractivity contribution in [2.45, 2.75) is 0 Å². The van der Waals surface area contributed by atoms with Gasteiger partial charge >= 0.3 is 27.3 Å². The quantitative estimate of drug-likeness (QED) is 0.476. The minimum absolute atomic E-state index is 0. The van der Waals surface area contributed by atoms with Crippen LogP contribution >= 0.6 is 0 Å². The SMILES string of the molecule is [OH-].[OH-].[OH-].[PbH].[Sb]. The summed E-state index contributed by atoms with van der Waals surface area (Å²) in [5, 5.41) is 0. The smallest absolute Gasteiger partial charge is 0 e. The molecule has 0 fully saturated rings. The minimum atomic E-state index is 0. The third-order valence-electron chi connectivity index (χ3n) is 0. The monoisotopic (exact) mass is 381 g/mol. The van der Waals surface area contributed by atoms with Crippen LogP contribution in [0.2, 0.25) is 0 Å². The molecule has 0 saturated carbocycles. The first kappa shape index (κ1) is 79.7. The first-order valence-electron chi connectivity index (χ1n) is 0. The Bertz CT molecular complexity index is 6.85. The molecule has 0 rings (SSSR count). The van der Waals surface area contributed by atoms with Crippen molar-refractivity contribution in [1.82, 2.24) is 0 Å². The van der Waals surface area contributed by atoms with E-state index in [1.165, 1.54) is 0 Å². The van der Waals surface area contributed by atoms with Gasteiger partial charge in [0.25, 0.3) is 0 Å². The molecular formula is H4O3PbSb-3. The summed E-state index contributed by atoms with van der Waals surface area (Å²) in [6.07, 6.45) is 0. The van der Waals surface area contributed by atoms with Crippen molar-refractivity contribution in [1.29, 1.82) is 0 Å². The van der Waals surface area contributed by atoms with E-state index in [0.29, 0.717) is 0 Å².